The van der Waals surface area contributed by atoms with Crippen molar-refractivity contribution in [1.82, 2.24) is 5.32 Å². The molecule has 0 atom stereocenters. The molecule has 6 nitrogen and oxygen atoms in total. The van der Waals surface area contributed by atoms with E-state index in [1.807, 2.05) is 5.32 Å². The number of carboxylic acids is 1. The summed E-state index contributed by atoms with van der Waals surface area (Å²) in [5.74, 6) is -1.45. The Hall–Kier alpha value is 0.630. The zero-order valence-electron chi connectivity index (χ0n) is 15.1. The van der Waals surface area contributed by atoms with Gasteiger partial charge in [-0.1, -0.05) is 7.60 Å². The normalized spacial score (nSPS) is 10.1. The second-order valence-electron chi connectivity index (χ2n) is 5.24. The molecule has 0 bridgehead atoms. The van der Waals surface area contributed by atoms with Crippen molar-refractivity contribution in [3.05, 3.63) is 0 Å². The molecule has 0 saturated carbocycles. The molecule has 0 aliphatic heterocycles. The minimum Gasteiger partial charge on any atom is -0.810 e. The molecule has 0 fully saturated rings. The van der Waals surface area contributed by atoms with Gasteiger partial charge in [-0.25, -0.2) is 0 Å². The van der Waals surface area contributed by atoms with Gasteiger partial charge in [0.05, 0.1) is 62.3 Å². The molecule has 22 heavy (non-hydrogen) atoms. The second-order valence-corrected chi connectivity index (χ2v) is 14.1. The molecule has 0 rings (SSSR count). The third-order valence-corrected chi connectivity index (χ3v) is 1.19. The Morgan fingerprint density at radius 1 is 0.864 bits per heavy atom. The van der Waals surface area contributed by atoms with Crippen LogP contribution in [-0.4, -0.2) is 75.1 Å². The van der Waals surface area contributed by atoms with E-state index in [9.17, 15) is 24.3 Å². The van der Waals surface area contributed by atoms with Crippen LogP contribution in [0.4, 0.5) is 0 Å². The molecule has 0 aliphatic rings. The van der Waals surface area contributed by atoms with Crippen molar-refractivity contribution >= 4 is 46.3 Å². The lowest BCUT2D eigenvalue weighted by Crippen LogP contribution is -2.37. The van der Waals surface area contributed by atoms with Crippen molar-refractivity contribution in [2.45, 2.75) is 0 Å². The molecule has 0 radical (unpaired) electrons. The van der Waals surface area contributed by atoms with Gasteiger partial charge in [-0.2, -0.15) is 0 Å². The fourth-order valence-corrected chi connectivity index (χ4v) is 0.681. The highest BCUT2D eigenvalue weighted by atomic mass is 32.2. The zero-order chi connectivity index (χ0) is 18.9. The van der Waals surface area contributed by atoms with Crippen molar-refractivity contribution in [3.63, 3.8) is 0 Å². The number of carbonyl (C=O) groups is 1. The summed E-state index contributed by atoms with van der Waals surface area (Å²) in [4.78, 5) is 29.2. The highest BCUT2D eigenvalue weighted by molar-refractivity contribution is 7.95. The average Bonchev–Trinajstić information content (AvgIpc) is 2.10. The maximum Gasteiger partial charge on any atom is 0.0969 e. The van der Waals surface area contributed by atoms with Crippen LogP contribution in [0.15, 0.2) is 0 Å². The largest absolute Gasteiger partial charge is 0.810 e. The van der Waals surface area contributed by atoms with Crippen molar-refractivity contribution in [2.75, 3.05) is 69.1 Å². The third-order valence-electron chi connectivity index (χ3n) is 0.575. The zero-order valence-corrected chi connectivity index (χ0v) is 18.5. The summed E-state index contributed by atoms with van der Waals surface area (Å²) in [6.07, 6.45) is 18.9. The first kappa shape index (κ1) is 30.5. The molecule has 0 aliphatic carbocycles. The first-order valence-corrected chi connectivity index (χ1v) is 15.1. The van der Waals surface area contributed by atoms with E-state index in [4.69, 9.17) is 0 Å². The lowest BCUT2D eigenvalue weighted by molar-refractivity contribution is -0.314. The monoisotopic (exact) mass is 397 g/mol. The van der Waals surface area contributed by atoms with Gasteiger partial charge in [-0.3, -0.25) is 0 Å². The molecule has 138 valence electrons. The van der Waals surface area contributed by atoms with E-state index in [-0.39, 0.29) is 0 Å². The number of carboxylic acid groups (broad SMARTS) is 1. The van der Waals surface area contributed by atoms with Gasteiger partial charge in [0.2, 0.25) is 0 Å². The van der Waals surface area contributed by atoms with Gasteiger partial charge >= 0.3 is 0 Å². The second kappa shape index (κ2) is 19.7. The minimum absolute atomic E-state index is 0.630. The van der Waals surface area contributed by atoms with Crippen LogP contribution in [0.5, 0.6) is 0 Å². The predicted molar refractivity (Wildman–Crippen MR) is 101 cm³/mol. The van der Waals surface area contributed by atoms with Crippen LogP contribution in [0.2, 0.25) is 0 Å². The Morgan fingerprint density at radius 2 is 1.09 bits per heavy atom. The lowest BCUT2D eigenvalue weighted by Gasteiger charge is -2.29. The molecule has 0 aromatic carbocycles. The first-order chi connectivity index (χ1) is 9.61. The Kier molecular flexibility index (Phi) is 27.3. The minimum atomic E-state index is -4.62. The Morgan fingerprint density at radius 3 is 1.23 bits per heavy atom. The van der Waals surface area contributed by atoms with Gasteiger partial charge in [0.25, 0.3) is 0 Å². The van der Waals surface area contributed by atoms with Crippen LogP contribution in [0.3, 0.4) is 0 Å². The van der Waals surface area contributed by atoms with Gasteiger partial charge in [0, 0.05) is 12.8 Å². The topological polar surface area (TPSA) is 115 Å². The first-order valence-electron chi connectivity index (χ1n) is 6.01. The van der Waals surface area contributed by atoms with Gasteiger partial charge in [0.1, 0.15) is 0 Å². The van der Waals surface area contributed by atoms with Crippen LogP contribution < -0.4 is 20.2 Å². The molecule has 0 spiro atoms. The number of aliphatic carboxylic acids is 1. The van der Waals surface area contributed by atoms with E-state index >= 15 is 0 Å². The Labute approximate surface area is 145 Å². The molecular weight excluding hydrogens is 365 g/mol. The van der Waals surface area contributed by atoms with Crippen LogP contribution >= 0.6 is 7.60 Å². The van der Waals surface area contributed by atoms with Crippen LogP contribution in [-0.2, 0) is 42.0 Å². The van der Waals surface area contributed by atoms with E-state index < -0.39 is 26.4 Å². The maximum absolute atomic E-state index is 9.81. The molecule has 0 heterocycles. The lowest BCUT2D eigenvalue weighted by atomic mass is 10.7. The van der Waals surface area contributed by atoms with E-state index in [2.05, 4.69) is 56.3 Å². The standard InChI is InChI=1S/C3H8NO5P.3C3H9S/c5-3(6)1-4-2-10(7,8)9;3*1-4(2)3/h4H,1-2H2,(H,5,6)(H2,7,8,9);3*1-3H3/q;3*+1/p-3. The fraction of sp³-hybridized carbons (Fsp3) is 0.917. The van der Waals surface area contributed by atoms with Crippen molar-refractivity contribution in [2.24, 2.45) is 0 Å². The summed E-state index contributed by atoms with van der Waals surface area (Å²) in [6.45, 7) is -0.630. The van der Waals surface area contributed by atoms with E-state index in [1.165, 1.54) is 0 Å². The summed E-state index contributed by atoms with van der Waals surface area (Å²) in [5.41, 5.74) is 0. The Balaban J connectivity index is -0.000000112. The molecule has 0 aromatic rings. The average molecular weight is 398 g/mol. The molecule has 1 N–H and O–H groups in total. The van der Waals surface area contributed by atoms with Crippen molar-refractivity contribution < 1.29 is 24.3 Å². The number of nitrogens with one attached hydrogen (secondary N) is 1. The third kappa shape index (κ3) is 137. The highest BCUT2D eigenvalue weighted by Gasteiger charge is 1.89. The number of rotatable bonds is 4. The van der Waals surface area contributed by atoms with E-state index in [0.717, 1.165) is 0 Å². The number of hydrogen-bond acceptors (Lipinski definition) is 6. The SMILES string of the molecule is C[S+](C)C.C[S+](C)C.C[S+](C)C.O=C([O-])CNCP(=O)([O-])[O-]. The molecule has 0 saturated heterocycles. The summed E-state index contributed by atoms with van der Waals surface area (Å²) in [6, 6.07) is 0. The predicted octanol–water partition coefficient (Wildman–Crippen LogP) is -2.32. The van der Waals surface area contributed by atoms with Gasteiger partial charge < -0.3 is 29.6 Å². The van der Waals surface area contributed by atoms with Gasteiger partial charge in [-0.15, -0.1) is 0 Å². The van der Waals surface area contributed by atoms with Crippen LogP contribution in [0.1, 0.15) is 0 Å². The molecule has 0 amide bonds. The van der Waals surface area contributed by atoms with Crippen LogP contribution in [0, 0.1) is 0 Å². The maximum atomic E-state index is 9.81. The van der Waals surface area contributed by atoms with Crippen molar-refractivity contribution in [3.8, 4) is 0 Å². The summed E-state index contributed by atoms with van der Waals surface area (Å²) >= 11 is 0. The number of carbonyl (C=O) groups excluding carboxylic acids is 1. The quantitative estimate of drug-likeness (QED) is 0.421. The highest BCUT2D eigenvalue weighted by Crippen LogP contribution is 2.18. The fourth-order valence-electron chi connectivity index (χ4n) is 0.295. The van der Waals surface area contributed by atoms with E-state index in [1.54, 1.807) is 0 Å². The van der Waals surface area contributed by atoms with Crippen molar-refractivity contribution in [1.29, 1.82) is 0 Å². The van der Waals surface area contributed by atoms with E-state index in [0.29, 0.717) is 32.7 Å². The summed E-state index contributed by atoms with van der Waals surface area (Å²) in [5, 5.41) is 11.5. The molecule has 0 unspecified atom stereocenters. The van der Waals surface area contributed by atoms with Gasteiger partial charge in [0.15, 0.2) is 0 Å². The smallest absolute Gasteiger partial charge is 0.0969 e. The summed E-state index contributed by atoms with van der Waals surface area (Å²) < 4.78 is 9.81. The van der Waals surface area contributed by atoms with Gasteiger partial charge in [-0.05, 0) is 32.7 Å². The Bertz CT molecular complexity index is 263. The molecular formula is C12H32NO5PS3. The van der Waals surface area contributed by atoms with Crippen LogP contribution in [0.25, 0.3) is 0 Å². The summed E-state index contributed by atoms with van der Waals surface area (Å²) in [7, 11) is -2.71. The molecule has 0 aromatic heterocycles. The molecule has 10 heteroatoms. The number of hydrogen-bond donors (Lipinski definition) is 1.